The Balaban J connectivity index is 2.30. The number of hydrogen-bond acceptors (Lipinski definition) is 8. The van der Waals surface area contributed by atoms with Gasteiger partial charge in [0.15, 0.2) is 0 Å². The Morgan fingerprint density at radius 2 is 1.56 bits per heavy atom. The number of carbonyl (C=O) groups excluding carboxylic acids is 5. The fourth-order valence-corrected chi connectivity index (χ4v) is 3.95. The lowest BCUT2D eigenvalue weighted by Crippen LogP contribution is -2.58. The maximum absolute atomic E-state index is 13.6. The second-order valence-electron chi connectivity index (χ2n) is 9.93. The first-order chi connectivity index (χ1) is 20.6. The van der Waals surface area contributed by atoms with Gasteiger partial charge in [0, 0.05) is 17.9 Å². The molecule has 3 amide bonds. The number of esters is 2. The quantitative estimate of drug-likeness (QED) is 0.122. The van der Waals surface area contributed by atoms with Gasteiger partial charge in [0.25, 0.3) is 0 Å². The summed E-state index contributed by atoms with van der Waals surface area (Å²) in [6.07, 6.45) is 10.5. The third-order valence-corrected chi connectivity index (χ3v) is 6.27. The van der Waals surface area contributed by atoms with E-state index in [9.17, 15) is 24.0 Å². The van der Waals surface area contributed by atoms with Crippen LogP contribution in [0.15, 0.2) is 91.6 Å². The highest BCUT2D eigenvalue weighted by Gasteiger charge is 2.35. The predicted molar refractivity (Wildman–Crippen MR) is 160 cm³/mol. The lowest BCUT2D eigenvalue weighted by Gasteiger charge is -2.28. The first kappa shape index (κ1) is 34.3. The molecule has 0 fully saturated rings. The molecule has 1 aromatic rings. The second-order valence-corrected chi connectivity index (χ2v) is 9.93. The van der Waals surface area contributed by atoms with Crippen molar-refractivity contribution < 1.29 is 38.2 Å². The molecule has 0 bridgehead atoms. The topological polar surface area (TPSA) is 149 Å². The molecule has 1 unspecified atom stereocenters. The molecule has 0 spiro atoms. The van der Waals surface area contributed by atoms with Gasteiger partial charge < -0.3 is 30.2 Å². The number of hydrogen-bond donors (Lipinski definition) is 3. The average Bonchev–Trinajstić information content (AvgIpc) is 3.29. The minimum Gasteiger partial charge on any atom is -0.466 e. The van der Waals surface area contributed by atoms with Crippen LogP contribution in [0.5, 0.6) is 0 Å². The van der Waals surface area contributed by atoms with E-state index >= 15 is 0 Å². The highest BCUT2D eigenvalue weighted by Crippen LogP contribution is 2.15. The van der Waals surface area contributed by atoms with Crippen molar-refractivity contribution in [3.05, 3.63) is 97.2 Å². The van der Waals surface area contributed by atoms with E-state index in [1.54, 1.807) is 74.6 Å². The number of allylic oxidation sites excluding steroid dienone is 4. The summed E-state index contributed by atoms with van der Waals surface area (Å²) in [5.41, 5.74) is 0.636. The van der Waals surface area contributed by atoms with Gasteiger partial charge in [-0.3, -0.25) is 9.59 Å². The Morgan fingerprint density at radius 3 is 2.14 bits per heavy atom. The lowest BCUT2D eigenvalue weighted by atomic mass is 9.95. The summed E-state index contributed by atoms with van der Waals surface area (Å²) in [6, 6.07) is 5.33. The van der Waals surface area contributed by atoms with Crippen LogP contribution in [0.4, 0.5) is 4.79 Å². The molecule has 230 valence electrons. The van der Waals surface area contributed by atoms with Crippen LogP contribution in [0.3, 0.4) is 0 Å². The molecule has 11 nitrogen and oxygen atoms in total. The largest absolute Gasteiger partial charge is 0.466 e. The highest BCUT2D eigenvalue weighted by atomic mass is 16.5. The van der Waals surface area contributed by atoms with Crippen molar-refractivity contribution in [2.75, 3.05) is 13.7 Å². The number of rotatable bonds is 15. The number of amides is 3. The van der Waals surface area contributed by atoms with Crippen LogP contribution in [-0.4, -0.2) is 61.7 Å². The Labute approximate surface area is 251 Å². The van der Waals surface area contributed by atoms with Crippen molar-refractivity contribution in [1.82, 2.24) is 16.0 Å². The second kappa shape index (κ2) is 17.8. The zero-order chi connectivity index (χ0) is 31.8. The smallest absolute Gasteiger partial charge is 0.408 e. The van der Waals surface area contributed by atoms with Crippen molar-refractivity contribution >= 4 is 29.8 Å². The minimum atomic E-state index is -1.36. The molecular formula is C32H39N3O8. The van der Waals surface area contributed by atoms with E-state index in [0.29, 0.717) is 0 Å². The van der Waals surface area contributed by atoms with Gasteiger partial charge in [-0.1, -0.05) is 99.9 Å². The normalized spacial score (nSPS) is 14.4. The van der Waals surface area contributed by atoms with Crippen molar-refractivity contribution in [2.24, 2.45) is 11.8 Å². The average molecular weight is 594 g/mol. The fraction of sp³-hybridized carbons (Fsp3) is 0.344. The van der Waals surface area contributed by atoms with Crippen molar-refractivity contribution in [1.29, 1.82) is 0 Å². The molecule has 0 saturated carbocycles. The van der Waals surface area contributed by atoms with Gasteiger partial charge in [0.2, 0.25) is 11.8 Å². The SMILES string of the molecule is C=CCOC(=O)C(NC(=O)[C@@H](NC(=O)[C@H](CC(=C)C(=O)OC)NC(=O)OCc1ccccc1)C1C=CC=CC=C1)C(C)C. The molecule has 0 saturated heterocycles. The maximum Gasteiger partial charge on any atom is 0.408 e. The Kier molecular flexibility index (Phi) is 14.2. The van der Waals surface area contributed by atoms with Crippen molar-refractivity contribution in [3.8, 4) is 0 Å². The Bertz CT molecular complexity index is 1240. The number of methoxy groups -OCH3 is 1. The summed E-state index contributed by atoms with van der Waals surface area (Å²) >= 11 is 0. The summed E-state index contributed by atoms with van der Waals surface area (Å²) in [7, 11) is 1.16. The third kappa shape index (κ3) is 11.5. The van der Waals surface area contributed by atoms with Crippen LogP contribution in [-0.2, 0) is 40.0 Å². The summed E-state index contributed by atoms with van der Waals surface area (Å²) in [6.45, 7) is 10.6. The van der Waals surface area contributed by atoms with E-state index in [-0.39, 0.29) is 31.1 Å². The van der Waals surface area contributed by atoms with Gasteiger partial charge in [-0.25, -0.2) is 14.4 Å². The van der Waals surface area contributed by atoms with Gasteiger partial charge >= 0.3 is 18.0 Å². The molecule has 11 heteroatoms. The van der Waals surface area contributed by atoms with E-state index in [1.807, 2.05) is 6.07 Å². The zero-order valence-corrected chi connectivity index (χ0v) is 24.6. The van der Waals surface area contributed by atoms with Gasteiger partial charge in [0.1, 0.15) is 31.3 Å². The number of nitrogens with one attached hydrogen (secondary N) is 3. The van der Waals surface area contributed by atoms with Crippen LogP contribution in [0, 0.1) is 11.8 Å². The number of benzene rings is 1. The fourth-order valence-electron chi connectivity index (χ4n) is 3.95. The van der Waals surface area contributed by atoms with Crippen LogP contribution in [0.25, 0.3) is 0 Å². The molecule has 1 aliphatic rings. The molecule has 2 rings (SSSR count). The molecule has 1 aromatic carbocycles. The molecule has 3 atom stereocenters. The highest BCUT2D eigenvalue weighted by molar-refractivity contribution is 5.95. The molecule has 1 aliphatic carbocycles. The zero-order valence-electron chi connectivity index (χ0n) is 24.6. The Hall–Kier alpha value is -4.93. The monoisotopic (exact) mass is 593 g/mol. The molecule has 43 heavy (non-hydrogen) atoms. The summed E-state index contributed by atoms with van der Waals surface area (Å²) in [4.78, 5) is 64.6. The lowest BCUT2D eigenvalue weighted by molar-refractivity contribution is -0.148. The summed E-state index contributed by atoms with van der Waals surface area (Å²) in [5, 5.41) is 7.80. The van der Waals surface area contributed by atoms with E-state index in [4.69, 9.17) is 14.2 Å². The first-order valence-corrected chi connectivity index (χ1v) is 13.7. The molecule has 0 radical (unpaired) electrons. The van der Waals surface area contributed by atoms with E-state index in [0.717, 1.165) is 12.7 Å². The van der Waals surface area contributed by atoms with Gasteiger partial charge in [0.05, 0.1) is 7.11 Å². The van der Waals surface area contributed by atoms with E-state index in [2.05, 4.69) is 29.1 Å². The summed E-state index contributed by atoms with van der Waals surface area (Å²) in [5.74, 6) is -3.86. The van der Waals surface area contributed by atoms with E-state index < -0.39 is 53.9 Å². The van der Waals surface area contributed by atoms with Crippen molar-refractivity contribution in [2.45, 2.75) is 45.0 Å². The number of alkyl carbamates (subject to hydrolysis) is 1. The molecule has 3 N–H and O–H groups in total. The van der Waals surface area contributed by atoms with Crippen LogP contribution in [0.2, 0.25) is 0 Å². The standard InChI is InChI=1S/C32H39N3O8/c1-6-18-42-31(39)26(21(2)3)34-29(37)27(24-16-12-7-8-13-17-24)35-28(36)25(19-22(4)30(38)41-5)33-32(40)43-20-23-14-10-9-11-15-23/h6-17,21,24-27H,1,4,18-20H2,2-3,5H3,(H,33,40)(H,34,37)(H,35,36)/t25-,26?,27-/m0/s1. The predicted octanol–water partition coefficient (Wildman–Crippen LogP) is 3.05. The molecule has 0 aliphatic heterocycles. The maximum atomic E-state index is 13.6. The number of carbonyl (C=O) groups is 5. The van der Waals surface area contributed by atoms with E-state index in [1.165, 1.54) is 6.08 Å². The van der Waals surface area contributed by atoms with Crippen LogP contribution < -0.4 is 16.0 Å². The molecule has 0 heterocycles. The third-order valence-electron chi connectivity index (χ3n) is 6.27. The first-order valence-electron chi connectivity index (χ1n) is 13.7. The summed E-state index contributed by atoms with van der Waals surface area (Å²) < 4.78 is 15.1. The van der Waals surface area contributed by atoms with Gasteiger partial charge in [-0.2, -0.15) is 0 Å². The van der Waals surface area contributed by atoms with Crippen LogP contribution >= 0.6 is 0 Å². The Morgan fingerprint density at radius 1 is 0.907 bits per heavy atom. The van der Waals surface area contributed by atoms with Gasteiger partial charge in [-0.15, -0.1) is 0 Å². The number of ether oxygens (including phenoxy) is 3. The molecular weight excluding hydrogens is 554 g/mol. The van der Waals surface area contributed by atoms with Crippen LogP contribution in [0.1, 0.15) is 25.8 Å². The molecule has 0 aromatic heterocycles. The van der Waals surface area contributed by atoms with Crippen molar-refractivity contribution in [3.63, 3.8) is 0 Å². The van der Waals surface area contributed by atoms with Gasteiger partial charge in [-0.05, 0) is 11.5 Å². The minimum absolute atomic E-state index is 0.0321.